The van der Waals surface area contributed by atoms with E-state index in [-0.39, 0.29) is 5.43 Å². The third kappa shape index (κ3) is 3.54. The Morgan fingerprint density at radius 3 is 2.77 bits per heavy atom. The third-order valence-corrected chi connectivity index (χ3v) is 3.72. The molecule has 1 aromatic heterocycles. The number of rotatable bonds is 6. The molecule has 0 saturated carbocycles. The maximum absolute atomic E-state index is 12.1. The van der Waals surface area contributed by atoms with Crippen molar-refractivity contribution in [1.82, 2.24) is 15.1 Å². The number of methoxy groups -OCH3 is 1. The molecule has 0 aliphatic carbocycles. The van der Waals surface area contributed by atoms with Gasteiger partial charge in [0.25, 0.3) is 0 Å². The van der Waals surface area contributed by atoms with E-state index in [1.807, 2.05) is 31.2 Å². The minimum absolute atomic E-state index is 0.0422. The zero-order chi connectivity index (χ0) is 16.1. The first kappa shape index (κ1) is 16.2. The van der Waals surface area contributed by atoms with Crippen LogP contribution in [-0.4, -0.2) is 22.9 Å². The molecule has 0 aliphatic heterocycles. The van der Waals surface area contributed by atoms with Crippen molar-refractivity contribution in [2.45, 2.75) is 39.8 Å². The number of nitrogens with zero attached hydrogens (tertiary/aromatic N) is 2. The zero-order valence-corrected chi connectivity index (χ0v) is 13.6. The van der Waals surface area contributed by atoms with Gasteiger partial charge in [-0.1, -0.05) is 19.1 Å². The van der Waals surface area contributed by atoms with Crippen LogP contribution in [-0.2, 0) is 6.54 Å². The molecule has 22 heavy (non-hydrogen) atoms. The van der Waals surface area contributed by atoms with Crippen molar-refractivity contribution < 1.29 is 4.74 Å². The Hall–Kier alpha value is -2.14. The largest absolute Gasteiger partial charge is 0.494 e. The van der Waals surface area contributed by atoms with Crippen LogP contribution in [0.2, 0.25) is 0 Å². The summed E-state index contributed by atoms with van der Waals surface area (Å²) in [6.45, 7) is 6.52. The Morgan fingerprint density at radius 2 is 2.09 bits per heavy atom. The van der Waals surface area contributed by atoms with Gasteiger partial charge in [-0.05, 0) is 32.4 Å². The lowest BCUT2D eigenvalue weighted by Crippen LogP contribution is -2.29. The van der Waals surface area contributed by atoms with Crippen molar-refractivity contribution in [2.75, 3.05) is 7.11 Å². The van der Waals surface area contributed by atoms with E-state index < -0.39 is 0 Å². The predicted octanol–water partition coefficient (Wildman–Crippen LogP) is 2.44. The van der Waals surface area contributed by atoms with Gasteiger partial charge in [0.1, 0.15) is 17.1 Å². The highest BCUT2D eigenvalue weighted by Crippen LogP contribution is 2.21. The van der Waals surface area contributed by atoms with Crippen molar-refractivity contribution in [1.29, 1.82) is 0 Å². The van der Waals surface area contributed by atoms with E-state index in [0.29, 0.717) is 18.3 Å². The number of nitrogens with one attached hydrogen (secondary N) is 1. The number of benzene rings is 1. The topological polar surface area (TPSA) is 56.1 Å². The smallest absolute Gasteiger partial charge is 0.204 e. The lowest BCUT2D eigenvalue weighted by Gasteiger charge is -2.15. The van der Waals surface area contributed by atoms with Crippen LogP contribution in [0.5, 0.6) is 5.75 Å². The van der Waals surface area contributed by atoms with Gasteiger partial charge in [0.2, 0.25) is 5.43 Å². The number of aromatic nitrogens is 2. The van der Waals surface area contributed by atoms with Crippen LogP contribution in [0.4, 0.5) is 0 Å². The Kier molecular flexibility index (Phi) is 5.33. The van der Waals surface area contributed by atoms with Crippen LogP contribution >= 0.6 is 0 Å². The fourth-order valence-electron chi connectivity index (χ4n) is 2.17. The molecular formula is C17H23N3O2. The summed E-state index contributed by atoms with van der Waals surface area (Å²) in [5, 5.41) is 7.83. The van der Waals surface area contributed by atoms with E-state index in [0.717, 1.165) is 23.6 Å². The van der Waals surface area contributed by atoms with Crippen LogP contribution in [0.1, 0.15) is 31.7 Å². The van der Waals surface area contributed by atoms with E-state index in [4.69, 9.17) is 4.74 Å². The molecule has 0 saturated heterocycles. The molecule has 1 atom stereocenters. The lowest BCUT2D eigenvalue weighted by molar-refractivity contribution is 0.410. The van der Waals surface area contributed by atoms with Gasteiger partial charge in [-0.2, -0.15) is 5.10 Å². The number of hydrogen-bond donors (Lipinski definition) is 1. The summed E-state index contributed by atoms with van der Waals surface area (Å²) in [4.78, 5) is 12.1. The highest BCUT2D eigenvalue weighted by atomic mass is 16.5. The summed E-state index contributed by atoms with van der Waals surface area (Å²) in [6, 6.07) is 9.61. The molecule has 1 unspecified atom stereocenters. The molecule has 0 fully saturated rings. The molecule has 0 spiro atoms. The molecule has 5 nitrogen and oxygen atoms in total. The maximum Gasteiger partial charge on any atom is 0.204 e. The summed E-state index contributed by atoms with van der Waals surface area (Å²) in [6.07, 6.45) is 1.01. The van der Waals surface area contributed by atoms with Gasteiger partial charge in [-0.3, -0.25) is 4.79 Å². The molecule has 1 N–H and O–H groups in total. The van der Waals surface area contributed by atoms with Crippen molar-refractivity contribution in [2.24, 2.45) is 0 Å². The summed E-state index contributed by atoms with van der Waals surface area (Å²) in [5.41, 5.74) is 2.07. The first-order valence-electron chi connectivity index (χ1n) is 7.53. The number of para-hydroxylation sites is 2. The van der Waals surface area contributed by atoms with Crippen LogP contribution in [0.15, 0.2) is 35.1 Å². The second-order valence-electron chi connectivity index (χ2n) is 5.37. The minimum Gasteiger partial charge on any atom is -0.494 e. The third-order valence-electron chi connectivity index (χ3n) is 3.72. The minimum atomic E-state index is -0.0422. The van der Waals surface area contributed by atoms with Gasteiger partial charge in [-0.25, -0.2) is 4.68 Å². The van der Waals surface area contributed by atoms with Crippen LogP contribution in [0.3, 0.4) is 0 Å². The Bertz CT molecular complexity index is 695. The maximum atomic E-state index is 12.1. The highest BCUT2D eigenvalue weighted by molar-refractivity contribution is 5.46. The average molecular weight is 301 g/mol. The van der Waals surface area contributed by atoms with E-state index in [1.165, 1.54) is 0 Å². The summed E-state index contributed by atoms with van der Waals surface area (Å²) < 4.78 is 7.14. The number of hydrogen-bond acceptors (Lipinski definition) is 4. The predicted molar refractivity (Wildman–Crippen MR) is 87.7 cm³/mol. The summed E-state index contributed by atoms with van der Waals surface area (Å²) >= 11 is 0. The fraction of sp³-hybridized carbons (Fsp3) is 0.412. The molecule has 0 bridgehead atoms. The molecule has 1 heterocycles. The molecule has 0 aliphatic rings. The average Bonchev–Trinajstić information content (AvgIpc) is 2.53. The molecule has 5 heteroatoms. The first-order valence-corrected chi connectivity index (χ1v) is 7.53. The molecule has 2 rings (SSSR count). The Morgan fingerprint density at radius 1 is 1.36 bits per heavy atom. The van der Waals surface area contributed by atoms with Crippen LogP contribution < -0.4 is 15.5 Å². The van der Waals surface area contributed by atoms with Gasteiger partial charge in [-0.15, -0.1) is 0 Å². The van der Waals surface area contributed by atoms with Gasteiger partial charge in [0.05, 0.1) is 7.11 Å². The van der Waals surface area contributed by atoms with Crippen molar-refractivity contribution in [3.63, 3.8) is 0 Å². The summed E-state index contributed by atoms with van der Waals surface area (Å²) in [5.74, 6) is 0.725. The molecule has 0 radical (unpaired) electrons. The normalized spacial score (nSPS) is 12.2. The monoisotopic (exact) mass is 301 g/mol. The zero-order valence-electron chi connectivity index (χ0n) is 13.6. The highest BCUT2D eigenvalue weighted by Gasteiger charge is 2.11. The number of aryl methyl sites for hydroxylation is 1. The summed E-state index contributed by atoms with van der Waals surface area (Å²) in [7, 11) is 1.63. The Labute approximate surface area is 130 Å². The SMILES string of the molecule is CCC(C)NCc1nn(-c2ccccc2OC)c(C)cc1=O. The van der Waals surface area contributed by atoms with Gasteiger partial charge < -0.3 is 10.1 Å². The molecule has 0 amide bonds. The van der Waals surface area contributed by atoms with E-state index in [2.05, 4.69) is 24.3 Å². The van der Waals surface area contributed by atoms with E-state index in [1.54, 1.807) is 17.9 Å². The first-order chi connectivity index (χ1) is 10.6. The fourth-order valence-corrected chi connectivity index (χ4v) is 2.17. The standard InChI is InChI=1S/C17H23N3O2/c1-5-12(2)18-11-14-16(21)10-13(3)20(19-14)15-8-6-7-9-17(15)22-4/h6-10,12,18H,5,11H2,1-4H3. The van der Waals surface area contributed by atoms with Gasteiger partial charge in [0, 0.05) is 24.3 Å². The van der Waals surface area contributed by atoms with Crippen molar-refractivity contribution in [3.8, 4) is 11.4 Å². The Balaban J connectivity index is 2.42. The number of ether oxygens (including phenoxy) is 1. The van der Waals surface area contributed by atoms with Crippen molar-refractivity contribution >= 4 is 0 Å². The van der Waals surface area contributed by atoms with Gasteiger partial charge in [0.15, 0.2) is 0 Å². The lowest BCUT2D eigenvalue weighted by atomic mass is 10.2. The van der Waals surface area contributed by atoms with Crippen LogP contribution in [0.25, 0.3) is 5.69 Å². The quantitative estimate of drug-likeness (QED) is 0.890. The van der Waals surface area contributed by atoms with Crippen LogP contribution in [0, 0.1) is 6.92 Å². The molecule has 118 valence electrons. The molecule has 1 aromatic carbocycles. The van der Waals surface area contributed by atoms with E-state index in [9.17, 15) is 4.79 Å². The van der Waals surface area contributed by atoms with Crippen molar-refractivity contribution in [3.05, 3.63) is 51.9 Å². The second kappa shape index (κ2) is 7.22. The molecular weight excluding hydrogens is 278 g/mol. The van der Waals surface area contributed by atoms with E-state index >= 15 is 0 Å². The molecule has 2 aromatic rings. The van der Waals surface area contributed by atoms with Gasteiger partial charge >= 0.3 is 0 Å². The second-order valence-corrected chi connectivity index (χ2v) is 5.37.